The van der Waals surface area contributed by atoms with Gasteiger partial charge in [-0.3, -0.25) is 0 Å². The van der Waals surface area contributed by atoms with Gasteiger partial charge in [0, 0.05) is 0 Å². The number of hydrogen-bond donors (Lipinski definition) is 1. The zero-order valence-corrected chi connectivity index (χ0v) is 11.4. The molecule has 1 aromatic rings. The maximum atomic E-state index is 12.6. The van der Waals surface area contributed by atoms with Gasteiger partial charge in [-0.25, -0.2) is 4.98 Å². The summed E-state index contributed by atoms with van der Waals surface area (Å²) in [7, 11) is 0. The summed E-state index contributed by atoms with van der Waals surface area (Å²) in [6, 6.07) is 2.03. The number of hydrogen-bond acceptors (Lipinski definition) is 3. The summed E-state index contributed by atoms with van der Waals surface area (Å²) in [6.45, 7) is 3.71. The van der Waals surface area contributed by atoms with Gasteiger partial charge in [0.25, 0.3) is 0 Å². The molecule has 0 radical (unpaired) electrons. The number of rotatable bonds is 5. The molecule has 106 valence electrons. The lowest BCUT2D eigenvalue weighted by Crippen LogP contribution is -2.19. The molecular weight excluding hydrogens is 277 g/mol. The van der Waals surface area contributed by atoms with Crippen molar-refractivity contribution in [1.82, 2.24) is 4.98 Å². The predicted octanol–water partition coefficient (Wildman–Crippen LogP) is 3.30. The Hall–Kier alpha value is -1.37. The van der Waals surface area contributed by atoms with E-state index < -0.39 is 11.9 Å². The Kier molecular flexibility index (Phi) is 5.11. The van der Waals surface area contributed by atoms with Gasteiger partial charge >= 0.3 is 6.18 Å². The van der Waals surface area contributed by atoms with E-state index in [4.69, 9.17) is 22.7 Å². The number of halogens is 3. The molecular formula is C12H15F3N2OS. The maximum Gasteiger partial charge on any atom is 0.433 e. The standard InChI is InChI=1S/C12H15F3N2OS/c1-3-4-7(2)18-11-8(10(16)19)5-6-9(17-11)12(13,14)15/h5-7H,3-4H2,1-2H3,(H2,16,19). The van der Waals surface area contributed by atoms with Crippen LogP contribution in [0.5, 0.6) is 5.88 Å². The Labute approximate surface area is 115 Å². The van der Waals surface area contributed by atoms with Crippen molar-refractivity contribution in [3.05, 3.63) is 23.4 Å². The van der Waals surface area contributed by atoms with Crippen molar-refractivity contribution in [1.29, 1.82) is 0 Å². The lowest BCUT2D eigenvalue weighted by Gasteiger charge is -2.17. The number of nitrogens with zero attached hydrogens (tertiary/aromatic N) is 1. The highest BCUT2D eigenvalue weighted by atomic mass is 32.1. The first-order chi connectivity index (χ1) is 8.75. The van der Waals surface area contributed by atoms with Gasteiger partial charge < -0.3 is 10.5 Å². The van der Waals surface area contributed by atoms with Crippen LogP contribution in [0, 0.1) is 0 Å². The molecule has 0 spiro atoms. The third kappa shape index (κ3) is 4.34. The molecule has 0 aliphatic carbocycles. The van der Waals surface area contributed by atoms with E-state index in [1.807, 2.05) is 6.92 Å². The van der Waals surface area contributed by atoms with Crippen LogP contribution in [0.1, 0.15) is 37.9 Å². The highest BCUT2D eigenvalue weighted by molar-refractivity contribution is 7.80. The molecule has 0 amide bonds. The van der Waals surface area contributed by atoms with Crippen molar-refractivity contribution < 1.29 is 17.9 Å². The molecule has 0 saturated heterocycles. The van der Waals surface area contributed by atoms with Crippen LogP contribution in [-0.4, -0.2) is 16.1 Å². The van der Waals surface area contributed by atoms with Gasteiger partial charge in [0.05, 0.1) is 11.7 Å². The van der Waals surface area contributed by atoms with E-state index in [1.165, 1.54) is 6.07 Å². The van der Waals surface area contributed by atoms with Crippen LogP contribution in [0.25, 0.3) is 0 Å². The van der Waals surface area contributed by atoms with Gasteiger partial charge in [0.1, 0.15) is 10.7 Å². The van der Waals surface area contributed by atoms with Crippen LogP contribution >= 0.6 is 12.2 Å². The lowest BCUT2D eigenvalue weighted by atomic mass is 10.2. The topological polar surface area (TPSA) is 48.1 Å². The number of ether oxygens (including phenoxy) is 1. The van der Waals surface area contributed by atoms with Gasteiger partial charge in [-0.1, -0.05) is 25.6 Å². The first-order valence-electron chi connectivity index (χ1n) is 5.80. The minimum Gasteiger partial charge on any atom is -0.474 e. The van der Waals surface area contributed by atoms with E-state index in [0.29, 0.717) is 6.42 Å². The van der Waals surface area contributed by atoms with E-state index in [0.717, 1.165) is 12.5 Å². The Morgan fingerprint density at radius 1 is 1.47 bits per heavy atom. The van der Waals surface area contributed by atoms with Crippen LogP contribution in [0.4, 0.5) is 13.2 Å². The number of aromatic nitrogens is 1. The van der Waals surface area contributed by atoms with E-state index in [9.17, 15) is 13.2 Å². The first-order valence-corrected chi connectivity index (χ1v) is 6.21. The molecule has 1 heterocycles. The first kappa shape index (κ1) is 15.7. The molecule has 1 rings (SSSR count). The Balaban J connectivity index is 3.12. The molecule has 19 heavy (non-hydrogen) atoms. The quantitative estimate of drug-likeness (QED) is 0.846. The molecule has 0 bridgehead atoms. The van der Waals surface area contributed by atoms with Gasteiger partial charge in [-0.05, 0) is 25.5 Å². The van der Waals surface area contributed by atoms with Crippen LogP contribution in [0.15, 0.2) is 12.1 Å². The molecule has 0 aliphatic rings. The zero-order chi connectivity index (χ0) is 14.6. The van der Waals surface area contributed by atoms with Gasteiger partial charge in [-0.15, -0.1) is 0 Å². The molecule has 1 atom stereocenters. The Bertz CT molecular complexity index is 463. The molecule has 0 saturated carbocycles. The second kappa shape index (κ2) is 6.18. The van der Waals surface area contributed by atoms with E-state index in [-0.39, 0.29) is 22.5 Å². The minimum atomic E-state index is -4.53. The summed E-state index contributed by atoms with van der Waals surface area (Å²) < 4.78 is 43.2. The highest BCUT2D eigenvalue weighted by Gasteiger charge is 2.33. The maximum absolute atomic E-state index is 12.6. The monoisotopic (exact) mass is 292 g/mol. The summed E-state index contributed by atoms with van der Waals surface area (Å²) >= 11 is 4.78. The number of pyridine rings is 1. The molecule has 0 fully saturated rings. The van der Waals surface area contributed by atoms with E-state index >= 15 is 0 Å². The summed E-state index contributed by atoms with van der Waals surface area (Å²) in [4.78, 5) is 3.43. The van der Waals surface area contributed by atoms with E-state index in [2.05, 4.69) is 4.98 Å². The fraction of sp³-hybridized carbons (Fsp3) is 0.500. The van der Waals surface area contributed by atoms with Crippen LogP contribution in [-0.2, 0) is 6.18 Å². The van der Waals surface area contributed by atoms with E-state index in [1.54, 1.807) is 6.92 Å². The van der Waals surface area contributed by atoms with Crippen molar-refractivity contribution >= 4 is 17.2 Å². The number of alkyl halides is 3. The second-order valence-corrected chi connectivity index (χ2v) is 4.57. The highest BCUT2D eigenvalue weighted by Crippen LogP contribution is 2.30. The largest absolute Gasteiger partial charge is 0.474 e. The average Bonchev–Trinajstić information content (AvgIpc) is 2.27. The summed E-state index contributed by atoms with van der Waals surface area (Å²) in [5.41, 5.74) is 4.65. The van der Waals surface area contributed by atoms with Crippen LogP contribution in [0.2, 0.25) is 0 Å². The normalized spacial score (nSPS) is 13.1. The summed E-state index contributed by atoms with van der Waals surface area (Å²) in [5.74, 6) is -0.164. The van der Waals surface area contributed by atoms with Gasteiger partial charge in [0.2, 0.25) is 5.88 Å². The fourth-order valence-corrected chi connectivity index (χ4v) is 1.69. The lowest BCUT2D eigenvalue weighted by molar-refractivity contribution is -0.141. The van der Waals surface area contributed by atoms with Crippen molar-refractivity contribution in [2.45, 2.75) is 39.0 Å². The van der Waals surface area contributed by atoms with Crippen molar-refractivity contribution in [3.8, 4) is 5.88 Å². The third-order valence-corrected chi connectivity index (χ3v) is 2.64. The molecule has 0 aliphatic heterocycles. The third-order valence-electron chi connectivity index (χ3n) is 2.42. The predicted molar refractivity (Wildman–Crippen MR) is 70.1 cm³/mol. The van der Waals surface area contributed by atoms with Crippen molar-refractivity contribution in [2.75, 3.05) is 0 Å². The van der Waals surface area contributed by atoms with Crippen LogP contribution < -0.4 is 10.5 Å². The Morgan fingerprint density at radius 3 is 2.58 bits per heavy atom. The second-order valence-electron chi connectivity index (χ2n) is 4.13. The van der Waals surface area contributed by atoms with Gasteiger partial charge in [-0.2, -0.15) is 13.2 Å². The molecule has 1 unspecified atom stereocenters. The molecule has 1 aromatic heterocycles. The molecule has 3 nitrogen and oxygen atoms in total. The van der Waals surface area contributed by atoms with Crippen LogP contribution in [0.3, 0.4) is 0 Å². The molecule has 7 heteroatoms. The van der Waals surface area contributed by atoms with Gasteiger partial charge in [0.15, 0.2) is 0 Å². The van der Waals surface area contributed by atoms with Crippen molar-refractivity contribution in [2.24, 2.45) is 5.73 Å². The summed E-state index contributed by atoms with van der Waals surface area (Å²) in [6.07, 6.45) is -3.23. The molecule has 0 aromatic carbocycles. The average molecular weight is 292 g/mol. The minimum absolute atomic E-state index is 0.0417. The smallest absolute Gasteiger partial charge is 0.433 e. The zero-order valence-electron chi connectivity index (χ0n) is 10.6. The summed E-state index contributed by atoms with van der Waals surface area (Å²) in [5, 5.41) is 0. The SMILES string of the molecule is CCCC(C)Oc1nc(C(F)(F)F)ccc1C(N)=S. The van der Waals surface area contributed by atoms with Crippen molar-refractivity contribution in [3.63, 3.8) is 0 Å². The Morgan fingerprint density at radius 2 is 2.11 bits per heavy atom. The number of thiocarbonyl (C=S) groups is 1. The number of nitrogens with two attached hydrogens (primary N) is 1. The fourth-order valence-electron chi connectivity index (χ4n) is 1.53. The molecule has 2 N–H and O–H groups in total.